The molecule has 28 heavy (non-hydrogen) atoms. The first-order valence-corrected chi connectivity index (χ1v) is 10.2. The van der Waals surface area contributed by atoms with Crippen LogP contribution in [0.25, 0.3) is 0 Å². The second-order valence-corrected chi connectivity index (χ2v) is 8.11. The van der Waals surface area contributed by atoms with Crippen molar-refractivity contribution in [2.75, 3.05) is 0 Å². The Kier molecular flexibility index (Phi) is 6.49. The molecule has 1 heterocycles. The molecule has 1 aromatic heterocycles. The molecule has 11 heteroatoms. The van der Waals surface area contributed by atoms with Crippen LogP contribution in [0, 0.1) is 0 Å². The second-order valence-electron chi connectivity index (χ2n) is 5.46. The summed E-state index contributed by atoms with van der Waals surface area (Å²) in [5.41, 5.74) is 0.202. The molecule has 0 unspecified atom stereocenters. The minimum atomic E-state index is -0.656. The van der Waals surface area contributed by atoms with Crippen LogP contribution in [-0.4, -0.2) is 31.6 Å². The number of hydrogen-bond donors (Lipinski definition) is 0. The topological polar surface area (TPSA) is 82.1 Å². The normalized spacial score (nSPS) is 11.7. The first-order valence-electron chi connectivity index (χ1n) is 7.88. The number of tetrazole rings is 1. The highest BCUT2D eigenvalue weighted by Crippen LogP contribution is 2.22. The van der Waals surface area contributed by atoms with E-state index in [2.05, 4.69) is 47.2 Å². The lowest BCUT2D eigenvalue weighted by atomic mass is 10.2. The van der Waals surface area contributed by atoms with Gasteiger partial charge in [-0.1, -0.05) is 60.2 Å². The van der Waals surface area contributed by atoms with Crippen molar-refractivity contribution in [3.63, 3.8) is 0 Å². The van der Waals surface area contributed by atoms with Gasteiger partial charge in [-0.3, -0.25) is 9.59 Å². The number of carbonyl (C=O) groups excluding carboxylic acids is 2. The molecule has 0 aliphatic rings. The van der Waals surface area contributed by atoms with Gasteiger partial charge in [0.25, 0.3) is 17.4 Å². The summed E-state index contributed by atoms with van der Waals surface area (Å²) < 4.78 is 2.43. The average Bonchev–Trinajstić information content (AvgIpc) is 3.07. The molecule has 0 fully saturated rings. The Labute approximate surface area is 186 Å². The standard InChI is InChI=1S/C17H11Br2Cl2N5O2/c1-2-25-24-23-17(22-15(27)11-7-9(18)3-5-13(11)20)26(25)16(28)12-8-10(19)4-6-14(12)21/h3-8H,2H2,1H3. The van der Waals surface area contributed by atoms with Crippen LogP contribution in [0.1, 0.15) is 27.6 Å². The fourth-order valence-corrected chi connectivity index (χ4v) is 3.45. The number of nitrogens with zero attached hydrogens (tertiary/aromatic N) is 5. The Balaban J connectivity index is 2.14. The molecule has 0 bridgehead atoms. The molecular weight excluding hydrogens is 537 g/mol. The van der Waals surface area contributed by atoms with E-state index < -0.39 is 11.8 Å². The van der Waals surface area contributed by atoms with Crippen LogP contribution < -0.4 is 5.62 Å². The molecule has 0 spiro atoms. The van der Waals surface area contributed by atoms with Gasteiger partial charge >= 0.3 is 0 Å². The van der Waals surface area contributed by atoms with E-state index in [0.29, 0.717) is 15.5 Å². The molecule has 0 radical (unpaired) electrons. The number of benzene rings is 2. The SMILES string of the molecule is CCn1nnc(=NC(=O)c2cc(Br)ccc2Cl)n1C(=O)c1cc(Br)ccc1Cl. The fourth-order valence-electron chi connectivity index (χ4n) is 2.34. The van der Waals surface area contributed by atoms with Crippen LogP contribution in [-0.2, 0) is 6.54 Å². The number of amides is 1. The van der Waals surface area contributed by atoms with Gasteiger partial charge in [-0.05, 0) is 48.5 Å². The summed E-state index contributed by atoms with van der Waals surface area (Å²) in [5, 5.41) is 8.22. The van der Waals surface area contributed by atoms with Crippen molar-refractivity contribution in [1.82, 2.24) is 19.8 Å². The van der Waals surface area contributed by atoms with Gasteiger partial charge in [0.2, 0.25) is 0 Å². The number of halogens is 4. The molecule has 0 atom stereocenters. The highest BCUT2D eigenvalue weighted by Gasteiger charge is 2.20. The Bertz CT molecular complexity index is 1160. The molecule has 3 rings (SSSR count). The zero-order chi connectivity index (χ0) is 20.4. The second kappa shape index (κ2) is 8.69. The Hall–Kier alpha value is -1.81. The zero-order valence-corrected chi connectivity index (χ0v) is 18.9. The van der Waals surface area contributed by atoms with Crippen LogP contribution in [0.4, 0.5) is 0 Å². The van der Waals surface area contributed by atoms with Crippen LogP contribution in [0.2, 0.25) is 10.0 Å². The van der Waals surface area contributed by atoms with Crippen molar-refractivity contribution in [3.05, 3.63) is 72.1 Å². The van der Waals surface area contributed by atoms with Crippen molar-refractivity contribution >= 4 is 66.9 Å². The highest BCUT2D eigenvalue weighted by molar-refractivity contribution is 9.10. The maximum absolute atomic E-state index is 13.1. The predicted octanol–water partition coefficient (Wildman–Crippen LogP) is 4.36. The third-order valence-corrected chi connectivity index (χ3v) is 5.30. The summed E-state index contributed by atoms with van der Waals surface area (Å²) in [7, 11) is 0. The number of rotatable bonds is 3. The zero-order valence-electron chi connectivity index (χ0n) is 14.2. The largest absolute Gasteiger partial charge is 0.282 e. The van der Waals surface area contributed by atoms with Gasteiger partial charge in [-0.2, -0.15) is 14.5 Å². The minimum absolute atomic E-state index is 0.168. The average molecular weight is 548 g/mol. The van der Waals surface area contributed by atoms with E-state index in [1.54, 1.807) is 37.3 Å². The number of aromatic nitrogens is 4. The van der Waals surface area contributed by atoms with Gasteiger partial charge in [0.05, 0.1) is 27.7 Å². The molecule has 3 aromatic rings. The third-order valence-electron chi connectivity index (χ3n) is 3.65. The predicted molar refractivity (Wildman–Crippen MR) is 112 cm³/mol. The molecule has 0 N–H and O–H groups in total. The maximum atomic E-state index is 13.1. The number of carbonyl (C=O) groups is 2. The van der Waals surface area contributed by atoms with Gasteiger partial charge in [0, 0.05) is 8.95 Å². The van der Waals surface area contributed by atoms with E-state index in [4.69, 9.17) is 23.2 Å². The van der Waals surface area contributed by atoms with Crippen molar-refractivity contribution in [2.45, 2.75) is 13.5 Å². The van der Waals surface area contributed by atoms with E-state index in [-0.39, 0.29) is 26.8 Å². The molecule has 144 valence electrons. The maximum Gasteiger partial charge on any atom is 0.282 e. The quantitative estimate of drug-likeness (QED) is 0.456. The lowest BCUT2D eigenvalue weighted by molar-refractivity contribution is 0.0915. The van der Waals surface area contributed by atoms with E-state index in [1.807, 2.05) is 0 Å². The first-order chi connectivity index (χ1) is 13.3. The summed E-state index contributed by atoms with van der Waals surface area (Å²) in [6.45, 7) is 2.10. The minimum Gasteiger partial charge on any atom is -0.267 e. The van der Waals surface area contributed by atoms with Gasteiger partial charge in [-0.15, -0.1) is 0 Å². The van der Waals surface area contributed by atoms with E-state index >= 15 is 0 Å². The monoisotopic (exact) mass is 545 g/mol. The summed E-state index contributed by atoms with van der Waals surface area (Å²) >= 11 is 18.9. The summed E-state index contributed by atoms with van der Waals surface area (Å²) in [6, 6.07) is 9.67. The van der Waals surface area contributed by atoms with E-state index in [1.165, 1.54) is 10.9 Å². The van der Waals surface area contributed by atoms with Gasteiger partial charge in [-0.25, -0.2) is 0 Å². The number of hydrogen-bond acceptors (Lipinski definition) is 4. The van der Waals surface area contributed by atoms with Crippen molar-refractivity contribution in [2.24, 2.45) is 4.99 Å². The Morgan fingerprint density at radius 1 is 1.04 bits per heavy atom. The van der Waals surface area contributed by atoms with E-state index in [0.717, 1.165) is 4.68 Å². The van der Waals surface area contributed by atoms with Crippen LogP contribution in [0.15, 0.2) is 50.3 Å². The molecule has 0 saturated heterocycles. The number of aryl methyl sites for hydroxylation is 1. The van der Waals surface area contributed by atoms with Crippen molar-refractivity contribution < 1.29 is 9.59 Å². The van der Waals surface area contributed by atoms with E-state index in [9.17, 15) is 9.59 Å². The van der Waals surface area contributed by atoms with Crippen molar-refractivity contribution in [1.29, 1.82) is 0 Å². The molecule has 0 aliphatic heterocycles. The van der Waals surface area contributed by atoms with Crippen LogP contribution in [0.3, 0.4) is 0 Å². The summed E-state index contributed by atoms with van der Waals surface area (Å²) in [6.07, 6.45) is 0. The van der Waals surface area contributed by atoms with Gasteiger partial charge in [0.1, 0.15) is 0 Å². The van der Waals surface area contributed by atoms with Crippen LogP contribution >= 0.6 is 55.1 Å². The smallest absolute Gasteiger partial charge is 0.267 e. The highest BCUT2D eigenvalue weighted by atomic mass is 79.9. The molecule has 1 amide bonds. The summed E-state index contributed by atoms with van der Waals surface area (Å²) in [5.74, 6) is -1.18. The fraction of sp³-hybridized carbons (Fsp3) is 0.118. The summed E-state index contributed by atoms with van der Waals surface area (Å²) in [4.78, 5) is 30.9. The Morgan fingerprint density at radius 3 is 2.21 bits per heavy atom. The van der Waals surface area contributed by atoms with Crippen LogP contribution in [0.5, 0.6) is 0 Å². The molecule has 0 saturated carbocycles. The van der Waals surface area contributed by atoms with Gasteiger partial charge in [0.15, 0.2) is 0 Å². The Morgan fingerprint density at radius 2 is 1.61 bits per heavy atom. The first kappa shape index (κ1) is 20.9. The van der Waals surface area contributed by atoms with Gasteiger partial charge < -0.3 is 0 Å². The lowest BCUT2D eigenvalue weighted by Gasteiger charge is -2.08. The molecule has 7 nitrogen and oxygen atoms in total. The van der Waals surface area contributed by atoms with Crippen molar-refractivity contribution in [3.8, 4) is 0 Å². The molecule has 2 aromatic carbocycles. The third kappa shape index (κ3) is 4.27. The lowest BCUT2D eigenvalue weighted by Crippen LogP contribution is -2.33. The molecule has 0 aliphatic carbocycles. The molecular formula is C17H11Br2Cl2N5O2.